The second-order valence-corrected chi connectivity index (χ2v) is 10.2. The van der Waals surface area contributed by atoms with Crippen molar-refractivity contribution in [1.82, 2.24) is 0 Å². The first kappa shape index (κ1) is 28.6. The number of hydrogen-bond acceptors (Lipinski definition) is 4. The second-order valence-electron chi connectivity index (χ2n) is 8.83. The van der Waals surface area contributed by atoms with Crippen molar-refractivity contribution in [2.24, 2.45) is 0 Å². The summed E-state index contributed by atoms with van der Waals surface area (Å²) < 4.78 is 36.1. The Balaban J connectivity index is 1.88. The van der Waals surface area contributed by atoms with Crippen molar-refractivity contribution in [2.75, 3.05) is 0 Å². The Kier molecular flexibility index (Phi) is 16.2. The molecule has 0 radical (unpaired) electrons. The Bertz CT molecular complexity index is 697. The van der Waals surface area contributed by atoms with Crippen molar-refractivity contribution in [3.05, 3.63) is 24.3 Å². The molecule has 0 spiro atoms. The zero-order valence-electron chi connectivity index (χ0n) is 20.0. The van der Waals surface area contributed by atoms with Crippen molar-refractivity contribution in [3.63, 3.8) is 0 Å². The number of unbranched alkanes of at least 4 members (excludes halogenated alkanes) is 16. The smallest absolute Gasteiger partial charge is 0.311 e. The van der Waals surface area contributed by atoms with Crippen LogP contribution in [0.2, 0.25) is 0 Å². The Morgan fingerprint density at radius 2 is 1.06 bits per heavy atom. The Morgan fingerprint density at radius 3 is 1.44 bits per heavy atom. The predicted octanol–water partition coefficient (Wildman–Crippen LogP) is 7.88. The van der Waals surface area contributed by atoms with E-state index in [2.05, 4.69) is 6.92 Å². The highest BCUT2D eigenvalue weighted by atomic mass is 32.2. The molecule has 1 aromatic rings. The first-order chi connectivity index (χ1) is 15.4. The number of benzene rings is 1. The summed E-state index contributed by atoms with van der Waals surface area (Å²) in [5.74, 6) is -0.0278. The number of esters is 1. The summed E-state index contributed by atoms with van der Waals surface area (Å²) in [6, 6.07) is 5.17. The monoisotopic (exact) mass is 468 g/mol. The van der Waals surface area contributed by atoms with Crippen LogP contribution in [-0.4, -0.2) is 18.9 Å². The summed E-state index contributed by atoms with van der Waals surface area (Å²) in [4.78, 5) is 11.6. The van der Waals surface area contributed by atoms with Gasteiger partial charge in [-0.3, -0.25) is 9.35 Å². The minimum Gasteiger partial charge on any atom is -0.427 e. The molecule has 184 valence electrons. The molecule has 0 saturated carbocycles. The number of carbonyl (C=O) groups is 1. The highest BCUT2D eigenvalue weighted by molar-refractivity contribution is 7.85. The maximum atomic E-state index is 11.9. The van der Waals surface area contributed by atoms with Crippen LogP contribution in [0.3, 0.4) is 0 Å². The number of rotatable bonds is 20. The van der Waals surface area contributed by atoms with Gasteiger partial charge in [0.1, 0.15) is 5.75 Å². The molecule has 0 atom stereocenters. The van der Waals surface area contributed by atoms with Gasteiger partial charge in [0.15, 0.2) is 0 Å². The molecular weight excluding hydrogens is 424 g/mol. The molecule has 0 heterocycles. The third-order valence-corrected chi connectivity index (χ3v) is 6.71. The Morgan fingerprint density at radius 1 is 0.688 bits per heavy atom. The summed E-state index contributed by atoms with van der Waals surface area (Å²) in [6.45, 7) is 2.27. The topological polar surface area (TPSA) is 80.7 Å². The van der Waals surface area contributed by atoms with Gasteiger partial charge in [0, 0.05) is 6.42 Å². The lowest BCUT2D eigenvalue weighted by Crippen LogP contribution is -2.07. The van der Waals surface area contributed by atoms with Gasteiger partial charge in [0.05, 0.1) is 4.90 Å². The van der Waals surface area contributed by atoms with Gasteiger partial charge in [-0.1, -0.05) is 110 Å². The summed E-state index contributed by atoms with van der Waals surface area (Å²) in [7, 11) is -4.23. The van der Waals surface area contributed by atoms with Gasteiger partial charge >= 0.3 is 5.97 Å². The van der Waals surface area contributed by atoms with Gasteiger partial charge in [-0.15, -0.1) is 0 Å². The van der Waals surface area contributed by atoms with Crippen molar-refractivity contribution in [2.45, 2.75) is 127 Å². The Labute approximate surface area is 196 Å². The third-order valence-electron chi connectivity index (χ3n) is 5.84. The van der Waals surface area contributed by atoms with Crippen LogP contribution in [0.4, 0.5) is 0 Å². The molecule has 6 heteroatoms. The van der Waals surface area contributed by atoms with Crippen molar-refractivity contribution in [1.29, 1.82) is 0 Å². The lowest BCUT2D eigenvalue weighted by molar-refractivity contribution is -0.134. The first-order valence-corrected chi connectivity index (χ1v) is 14.2. The van der Waals surface area contributed by atoms with Crippen LogP contribution in [0.5, 0.6) is 5.75 Å². The molecule has 0 aliphatic carbocycles. The van der Waals surface area contributed by atoms with E-state index in [1.807, 2.05) is 0 Å². The van der Waals surface area contributed by atoms with E-state index in [1.54, 1.807) is 0 Å². The summed E-state index contributed by atoms with van der Waals surface area (Å²) in [5.41, 5.74) is 0. The van der Waals surface area contributed by atoms with Crippen LogP contribution in [0.15, 0.2) is 29.2 Å². The van der Waals surface area contributed by atoms with E-state index in [0.29, 0.717) is 6.42 Å². The molecule has 0 bridgehead atoms. The fourth-order valence-corrected chi connectivity index (χ4v) is 4.34. The average Bonchev–Trinajstić information content (AvgIpc) is 2.75. The highest BCUT2D eigenvalue weighted by Gasteiger charge is 2.10. The molecular formula is C26H44O5S. The quantitative estimate of drug-likeness (QED) is 0.0911. The zero-order valence-corrected chi connectivity index (χ0v) is 20.8. The van der Waals surface area contributed by atoms with Gasteiger partial charge in [-0.25, -0.2) is 0 Å². The summed E-state index contributed by atoms with van der Waals surface area (Å²) in [6.07, 6.45) is 22.5. The molecule has 0 saturated heterocycles. The molecule has 5 nitrogen and oxygen atoms in total. The summed E-state index contributed by atoms with van der Waals surface area (Å²) in [5, 5.41) is 0. The number of ether oxygens (including phenoxy) is 1. The Hall–Kier alpha value is -1.40. The molecule has 1 rings (SSSR count). The molecule has 0 unspecified atom stereocenters. The van der Waals surface area contributed by atoms with Crippen molar-refractivity contribution >= 4 is 16.1 Å². The van der Waals surface area contributed by atoms with Crippen molar-refractivity contribution < 1.29 is 22.5 Å². The standard InChI is InChI=1S/C26H44O5S/c1-2-3-4-5-6-7-8-9-10-11-12-13-14-15-16-17-18-19-26(27)31-24-20-22-25(23-21-24)32(28,29)30/h20-23H,2-19H2,1H3,(H,28,29,30). The van der Waals surface area contributed by atoms with Crippen LogP contribution in [-0.2, 0) is 14.9 Å². The zero-order chi connectivity index (χ0) is 23.5. The van der Waals surface area contributed by atoms with Crippen LogP contribution in [0, 0.1) is 0 Å². The van der Waals surface area contributed by atoms with Gasteiger partial charge < -0.3 is 4.74 Å². The maximum Gasteiger partial charge on any atom is 0.311 e. The van der Waals surface area contributed by atoms with E-state index in [-0.39, 0.29) is 16.6 Å². The van der Waals surface area contributed by atoms with E-state index >= 15 is 0 Å². The average molecular weight is 469 g/mol. The van der Waals surface area contributed by atoms with Gasteiger partial charge in [-0.05, 0) is 30.7 Å². The lowest BCUT2D eigenvalue weighted by atomic mass is 10.0. The van der Waals surface area contributed by atoms with Crippen LogP contribution in [0.25, 0.3) is 0 Å². The molecule has 0 aliphatic rings. The van der Waals surface area contributed by atoms with Crippen LogP contribution < -0.4 is 4.74 Å². The minimum absolute atomic E-state index is 0.217. The fraction of sp³-hybridized carbons (Fsp3) is 0.731. The fourth-order valence-electron chi connectivity index (χ4n) is 3.86. The number of carbonyl (C=O) groups excluding carboxylic acids is 1. The third kappa shape index (κ3) is 15.4. The highest BCUT2D eigenvalue weighted by Crippen LogP contribution is 2.17. The van der Waals surface area contributed by atoms with Gasteiger partial charge in [-0.2, -0.15) is 8.42 Å². The number of hydrogen-bond donors (Lipinski definition) is 1. The molecule has 0 amide bonds. The molecule has 1 N–H and O–H groups in total. The van der Waals surface area contributed by atoms with E-state index in [1.165, 1.54) is 114 Å². The van der Waals surface area contributed by atoms with E-state index in [0.717, 1.165) is 19.3 Å². The summed E-state index contributed by atoms with van der Waals surface area (Å²) >= 11 is 0. The van der Waals surface area contributed by atoms with E-state index < -0.39 is 10.1 Å². The molecule has 1 aromatic carbocycles. The van der Waals surface area contributed by atoms with E-state index in [4.69, 9.17) is 9.29 Å². The van der Waals surface area contributed by atoms with Crippen LogP contribution >= 0.6 is 0 Å². The van der Waals surface area contributed by atoms with Crippen LogP contribution in [0.1, 0.15) is 122 Å². The molecule has 0 aromatic heterocycles. The first-order valence-electron chi connectivity index (χ1n) is 12.7. The van der Waals surface area contributed by atoms with Gasteiger partial charge in [0.25, 0.3) is 10.1 Å². The molecule has 0 fully saturated rings. The van der Waals surface area contributed by atoms with Gasteiger partial charge in [0.2, 0.25) is 0 Å². The molecule has 32 heavy (non-hydrogen) atoms. The maximum absolute atomic E-state index is 11.9. The second kappa shape index (κ2) is 18.1. The molecule has 0 aliphatic heterocycles. The predicted molar refractivity (Wildman–Crippen MR) is 131 cm³/mol. The van der Waals surface area contributed by atoms with Crippen molar-refractivity contribution in [3.8, 4) is 5.75 Å². The normalized spacial score (nSPS) is 11.6. The van der Waals surface area contributed by atoms with E-state index in [9.17, 15) is 13.2 Å². The largest absolute Gasteiger partial charge is 0.427 e. The lowest BCUT2D eigenvalue weighted by Gasteiger charge is -2.05. The SMILES string of the molecule is CCCCCCCCCCCCCCCCCCCC(=O)Oc1ccc(S(=O)(=O)O)cc1. The minimum atomic E-state index is -4.23.